The maximum atomic E-state index is 4.67. The van der Waals surface area contributed by atoms with E-state index in [4.69, 9.17) is 0 Å². The van der Waals surface area contributed by atoms with Gasteiger partial charge in [0.1, 0.15) is 5.82 Å². The largest absolute Gasteiger partial charge is 0.334 e. The van der Waals surface area contributed by atoms with E-state index < -0.39 is 0 Å². The van der Waals surface area contributed by atoms with Gasteiger partial charge in [-0.1, -0.05) is 6.07 Å². The van der Waals surface area contributed by atoms with Crippen LogP contribution in [0.5, 0.6) is 0 Å². The standard InChI is InChI=1S/C14H19N3S/c1-11-10-17-6-2-4-12(14(17)16-11)8-15-9-13-5-3-7-18-13/h3,5,7,10,12,15H,2,4,6,8-9H2,1H3. The number of fused-ring (bicyclic) bond motifs is 1. The van der Waals surface area contributed by atoms with Gasteiger partial charge < -0.3 is 9.88 Å². The molecule has 0 aliphatic carbocycles. The van der Waals surface area contributed by atoms with E-state index in [9.17, 15) is 0 Å². The number of imidazole rings is 1. The molecule has 1 aliphatic heterocycles. The Bertz CT molecular complexity index is 501. The maximum Gasteiger partial charge on any atom is 0.113 e. The van der Waals surface area contributed by atoms with Crippen molar-refractivity contribution in [2.45, 2.75) is 38.8 Å². The third-order valence-corrected chi connectivity index (χ3v) is 4.39. The predicted molar refractivity (Wildman–Crippen MR) is 75.0 cm³/mol. The Morgan fingerprint density at radius 3 is 3.33 bits per heavy atom. The fourth-order valence-electron chi connectivity index (χ4n) is 2.68. The van der Waals surface area contributed by atoms with Crippen molar-refractivity contribution in [1.82, 2.24) is 14.9 Å². The highest BCUT2D eigenvalue weighted by atomic mass is 32.1. The molecule has 3 nitrogen and oxygen atoms in total. The molecule has 18 heavy (non-hydrogen) atoms. The summed E-state index contributed by atoms with van der Waals surface area (Å²) in [6.07, 6.45) is 4.71. The minimum absolute atomic E-state index is 0.576. The van der Waals surface area contributed by atoms with Crippen molar-refractivity contribution in [3.63, 3.8) is 0 Å². The topological polar surface area (TPSA) is 29.9 Å². The molecule has 3 heterocycles. The minimum Gasteiger partial charge on any atom is -0.334 e. The second kappa shape index (κ2) is 5.24. The molecule has 2 aromatic rings. The number of rotatable bonds is 4. The Balaban J connectivity index is 1.60. The van der Waals surface area contributed by atoms with Gasteiger partial charge in [0.2, 0.25) is 0 Å². The first-order valence-electron chi connectivity index (χ1n) is 6.59. The maximum absolute atomic E-state index is 4.67. The van der Waals surface area contributed by atoms with Crippen molar-refractivity contribution < 1.29 is 0 Å². The van der Waals surface area contributed by atoms with Gasteiger partial charge in [-0.25, -0.2) is 4.98 Å². The first-order chi connectivity index (χ1) is 8.83. The monoisotopic (exact) mass is 261 g/mol. The summed E-state index contributed by atoms with van der Waals surface area (Å²) in [6, 6.07) is 4.29. The average Bonchev–Trinajstić information content (AvgIpc) is 2.97. The Hall–Kier alpha value is -1.13. The van der Waals surface area contributed by atoms with E-state index in [1.807, 2.05) is 11.3 Å². The molecule has 0 bridgehead atoms. The van der Waals surface area contributed by atoms with Crippen LogP contribution in [0, 0.1) is 6.92 Å². The normalized spacial score (nSPS) is 18.8. The molecule has 1 atom stereocenters. The second-order valence-corrected chi connectivity index (χ2v) is 6.02. The van der Waals surface area contributed by atoms with Crippen molar-refractivity contribution in [2.24, 2.45) is 0 Å². The number of nitrogens with zero attached hydrogens (tertiary/aromatic N) is 2. The summed E-state index contributed by atoms with van der Waals surface area (Å²) >= 11 is 1.82. The Kier molecular flexibility index (Phi) is 3.48. The van der Waals surface area contributed by atoms with Gasteiger partial charge in [0.25, 0.3) is 0 Å². The van der Waals surface area contributed by atoms with Crippen LogP contribution < -0.4 is 5.32 Å². The zero-order chi connectivity index (χ0) is 12.4. The van der Waals surface area contributed by atoms with Gasteiger partial charge in [0, 0.05) is 36.6 Å². The zero-order valence-corrected chi connectivity index (χ0v) is 11.5. The number of hydrogen-bond donors (Lipinski definition) is 1. The van der Waals surface area contributed by atoms with E-state index in [1.54, 1.807) is 0 Å². The number of thiophene rings is 1. The number of aryl methyl sites for hydroxylation is 2. The number of aromatic nitrogens is 2. The summed E-state index contributed by atoms with van der Waals surface area (Å²) in [5, 5.41) is 5.70. The quantitative estimate of drug-likeness (QED) is 0.917. The van der Waals surface area contributed by atoms with E-state index in [0.717, 1.165) is 25.3 Å². The summed E-state index contributed by atoms with van der Waals surface area (Å²) in [5.74, 6) is 1.85. The smallest absolute Gasteiger partial charge is 0.113 e. The Morgan fingerprint density at radius 1 is 1.56 bits per heavy atom. The summed E-state index contributed by atoms with van der Waals surface area (Å²) in [5.41, 5.74) is 1.15. The van der Waals surface area contributed by atoms with Gasteiger partial charge in [0.05, 0.1) is 5.69 Å². The first kappa shape index (κ1) is 11.9. The van der Waals surface area contributed by atoms with Gasteiger partial charge in [-0.3, -0.25) is 0 Å². The third kappa shape index (κ3) is 2.49. The van der Waals surface area contributed by atoms with Crippen LogP contribution in [0.1, 0.15) is 35.2 Å². The Morgan fingerprint density at radius 2 is 2.50 bits per heavy atom. The third-order valence-electron chi connectivity index (χ3n) is 3.51. The Labute approximate surface area is 112 Å². The summed E-state index contributed by atoms with van der Waals surface area (Å²) in [4.78, 5) is 6.08. The molecule has 0 spiro atoms. The van der Waals surface area contributed by atoms with Crippen LogP contribution in [0.25, 0.3) is 0 Å². The second-order valence-electron chi connectivity index (χ2n) is 4.98. The van der Waals surface area contributed by atoms with Crippen molar-refractivity contribution in [1.29, 1.82) is 0 Å². The van der Waals surface area contributed by atoms with E-state index in [-0.39, 0.29) is 0 Å². The van der Waals surface area contributed by atoms with Crippen molar-refractivity contribution in [3.05, 3.63) is 40.1 Å². The molecule has 1 N–H and O–H groups in total. The SMILES string of the molecule is Cc1cn2c(n1)C(CNCc1cccs1)CCC2. The van der Waals surface area contributed by atoms with Gasteiger partial charge in [-0.2, -0.15) is 0 Å². The number of hydrogen-bond acceptors (Lipinski definition) is 3. The molecular weight excluding hydrogens is 242 g/mol. The predicted octanol–water partition coefficient (Wildman–Crippen LogP) is 2.92. The molecule has 4 heteroatoms. The minimum atomic E-state index is 0.576. The lowest BCUT2D eigenvalue weighted by Gasteiger charge is -2.23. The summed E-state index contributed by atoms with van der Waals surface area (Å²) in [6.45, 7) is 5.24. The summed E-state index contributed by atoms with van der Waals surface area (Å²) < 4.78 is 2.33. The van der Waals surface area contributed by atoms with Gasteiger partial charge in [-0.05, 0) is 31.2 Å². The molecule has 0 aromatic carbocycles. The van der Waals surface area contributed by atoms with Gasteiger partial charge in [-0.15, -0.1) is 11.3 Å². The van der Waals surface area contributed by atoms with Crippen LogP contribution in [0.2, 0.25) is 0 Å². The highest BCUT2D eigenvalue weighted by Crippen LogP contribution is 2.26. The zero-order valence-electron chi connectivity index (χ0n) is 10.7. The van der Waals surface area contributed by atoms with Crippen LogP contribution in [0.4, 0.5) is 0 Å². The van der Waals surface area contributed by atoms with E-state index in [2.05, 4.69) is 45.5 Å². The number of nitrogens with one attached hydrogen (secondary N) is 1. The highest BCUT2D eigenvalue weighted by Gasteiger charge is 2.21. The lowest BCUT2D eigenvalue weighted by atomic mass is 9.99. The lowest BCUT2D eigenvalue weighted by Crippen LogP contribution is -2.26. The van der Waals surface area contributed by atoms with Crippen LogP contribution in [0.3, 0.4) is 0 Å². The van der Waals surface area contributed by atoms with E-state index >= 15 is 0 Å². The highest BCUT2D eigenvalue weighted by molar-refractivity contribution is 7.09. The molecule has 3 rings (SSSR count). The first-order valence-corrected chi connectivity index (χ1v) is 7.47. The van der Waals surface area contributed by atoms with Crippen LogP contribution >= 0.6 is 11.3 Å². The molecule has 96 valence electrons. The fraction of sp³-hybridized carbons (Fsp3) is 0.500. The molecule has 0 fully saturated rings. The van der Waals surface area contributed by atoms with Crippen molar-refractivity contribution in [2.75, 3.05) is 6.54 Å². The van der Waals surface area contributed by atoms with E-state index in [1.165, 1.54) is 23.5 Å². The lowest BCUT2D eigenvalue weighted by molar-refractivity contribution is 0.423. The molecule has 0 radical (unpaired) electrons. The van der Waals surface area contributed by atoms with E-state index in [0.29, 0.717) is 5.92 Å². The molecule has 0 saturated heterocycles. The van der Waals surface area contributed by atoms with Crippen molar-refractivity contribution in [3.8, 4) is 0 Å². The van der Waals surface area contributed by atoms with Gasteiger partial charge >= 0.3 is 0 Å². The molecule has 0 saturated carbocycles. The molecule has 0 amide bonds. The molecule has 1 unspecified atom stereocenters. The van der Waals surface area contributed by atoms with Gasteiger partial charge in [0.15, 0.2) is 0 Å². The molecule has 1 aliphatic rings. The van der Waals surface area contributed by atoms with Crippen LogP contribution in [-0.2, 0) is 13.1 Å². The van der Waals surface area contributed by atoms with Crippen LogP contribution in [-0.4, -0.2) is 16.1 Å². The molecular formula is C14H19N3S. The fourth-order valence-corrected chi connectivity index (χ4v) is 3.36. The van der Waals surface area contributed by atoms with Crippen LogP contribution in [0.15, 0.2) is 23.7 Å². The molecule has 2 aromatic heterocycles. The average molecular weight is 261 g/mol. The van der Waals surface area contributed by atoms with Crippen molar-refractivity contribution >= 4 is 11.3 Å². The summed E-state index contributed by atoms with van der Waals surface area (Å²) in [7, 11) is 0.